The van der Waals surface area contributed by atoms with Crippen LogP contribution in [0.5, 0.6) is 5.75 Å². The van der Waals surface area contributed by atoms with Crippen LogP contribution in [0.15, 0.2) is 66.3 Å². The van der Waals surface area contributed by atoms with Gasteiger partial charge in [-0.25, -0.2) is 4.98 Å². The van der Waals surface area contributed by atoms with Crippen molar-refractivity contribution in [3.8, 4) is 5.75 Å². The van der Waals surface area contributed by atoms with Crippen LogP contribution in [0.4, 0.5) is 5.69 Å². The molecule has 2 aromatic heterocycles. The van der Waals surface area contributed by atoms with E-state index in [9.17, 15) is 14.7 Å². The maximum atomic E-state index is 12.9. The summed E-state index contributed by atoms with van der Waals surface area (Å²) in [6, 6.07) is 10.0. The number of benzene rings is 1. The number of rotatable bonds is 6. The summed E-state index contributed by atoms with van der Waals surface area (Å²) >= 11 is 0. The second kappa shape index (κ2) is 7.43. The fraction of sp³-hybridized carbons (Fsp3) is 0.227. The Kier molecular flexibility index (Phi) is 4.80. The van der Waals surface area contributed by atoms with Crippen LogP contribution in [0.1, 0.15) is 31.9 Å². The van der Waals surface area contributed by atoms with Crippen molar-refractivity contribution in [2.75, 3.05) is 11.5 Å². The minimum atomic E-state index is -0.724. The summed E-state index contributed by atoms with van der Waals surface area (Å²) in [7, 11) is 0. The monoisotopic (exact) mass is 391 g/mol. The molecule has 4 rings (SSSR count). The molecule has 0 spiro atoms. The fourth-order valence-corrected chi connectivity index (χ4v) is 3.56. The van der Waals surface area contributed by atoms with Crippen LogP contribution < -0.4 is 9.64 Å². The molecule has 0 fully saturated rings. The molecule has 1 aromatic carbocycles. The quantitative estimate of drug-likeness (QED) is 0.694. The largest absolute Gasteiger partial charge is 0.503 e. The first kappa shape index (κ1) is 18.7. The molecule has 0 bridgehead atoms. The van der Waals surface area contributed by atoms with Gasteiger partial charge in [0, 0.05) is 24.7 Å². The highest BCUT2D eigenvalue weighted by molar-refractivity contribution is 6.16. The third kappa shape index (κ3) is 3.24. The van der Waals surface area contributed by atoms with Crippen LogP contribution in [0.2, 0.25) is 0 Å². The van der Waals surface area contributed by atoms with Gasteiger partial charge in [0.25, 0.3) is 5.91 Å². The Hall–Kier alpha value is -3.61. The van der Waals surface area contributed by atoms with Gasteiger partial charge < -0.3 is 14.2 Å². The summed E-state index contributed by atoms with van der Waals surface area (Å²) in [6.07, 6.45) is 6.14. The number of Topliss-reactive ketones (excluding diaryl/α,β-unsaturated/α-hetero) is 1. The molecule has 3 aromatic rings. The minimum absolute atomic E-state index is 0.0837. The van der Waals surface area contributed by atoms with Gasteiger partial charge in [0.05, 0.1) is 23.9 Å². The molecule has 0 saturated heterocycles. The number of ether oxygens (including phenoxy) is 1. The Morgan fingerprint density at radius 1 is 1.21 bits per heavy atom. The van der Waals surface area contributed by atoms with Crippen molar-refractivity contribution in [2.24, 2.45) is 0 Å². The minimum Gasteiger partial charge on any atom is -0.503 e. The average molecular weight is 391 g/mol. The summed E-state index contributed by atoms with van der Waals surface area (Å²) < 4.78 is 7.44. The number of carbonyl (C=O) groups excluding carboxylic acids is 2. The number of imidazole rings is 1. The van der Waals surface area contributed by atoms with Gasteiger partial charge in [0.1, 0.15) is 11.4 Å². The first-order valence-corrected chi connectivity index (χ1v) is 9.44. The van der Waals surface area contributed by atoms with E-state index >= 15 is 0 Å². The van der Waals surface area contributed by atoms with E-state index in [2.05, 4.69) is 4.98 Å². The van der Waals surface area contributed by atoms with Crippen LogP contribution in [0.25, 0.3) is 5.65 Å². The fourth-order valence-electron chi connectivity index (χ4n) is 3.56. The van der Waals surface area contributed by atoms with Crippen molar-refractivity contribution < 1.29 is 19.4 Å². The van der Waals surface area contributed by atoms with Crippen LogP contribution in [-0.2, 0) is 9.59 Å². The molecule has 0 aliphatic carbocycles. The molecule has 7 heteroatoms. The van der Waals surface area contributed by atoms with Crippen molar-refractivity contribution in [2.45, 2.75) is 26.3 Å². The topological polar surface area (TPSA) is 84.1 Å². The number of aromatic nitrogens is 2. The molecule has 0 radical (unpaired) electrons. The van der Waals surface area contributed by atoms with Gasteiger partial charge in [-0.05, 0) is 37.1 Å². The summed E-state index contributed by atoms with van der Waals surface area (Å²) in [5.41, 5.74) is 2.00. The number of aliphatic hydroxyl groups excluding tert-OH is 1. The van der Waals surface area contributed by atoms with Gasteiger partial charge in [-0.3, -0.25) is 14.5 Å². The molecule has 3 heterocycles. The van der Waals surface area contributed by atoms with Crippen LogP contribution in [-0.4, -0.2) is 32.8 Å². The van der Waals surface area contributed by atoms with Crippen LogP contribution in [0, 0.1) is 0 Å². The lowest BCUT2D eigenvalue weighted by Crippen LogP contribution is -2.30. The Balaban J connectivity index is 1.79. The zero-order valence-corrected chi connectivity index (χ0v) is 16.2. The molecule has 1 N–H and O–H groups in total. The summed E-state index contributed by atoms with van der Waals surface area (Å²) in [4.78, 5) is 30.9. The van der Waals surface area contributed by atoms with E-state index in [0.29, 0.717) is 29.3 Å². The summed E-state index contributed by atoms with van der Waals surface area (Å²) in [6.45, 7) is 3.99. The highest BCUT2D eigenvalue weighted by Gasteiger charge is 2.43. The molecular weight excluding hydrogens is 370 g/mol. The van der Waals surface area contributed by atoms with E-state index in [4.69, 9.17) is 4.74 Å². The van der Waals surface area contributed by atoms with E-state index in [-0.39, 0.29) is 11.4 Å². The number of nitrogens with zero attached hydrogens (tertiary/aromatic N) is 3. The lowest BCUT2D eigenvalue weighted by molar-refractivity contribution is -0.117. The van der Waals surface area contributed by atoms with Gasteiger partial charge in [0.2, 0.25) is 0 Å². The Morgan fingerprint density at radius 3 is 2.66 bits per heavy atom. The summed E-state index contributed by atoms with van der Waals surface area (Å²) in [5.74, 6) is -0.765. The second-order valence-electron chi connectivity index (χ2n) is 6.89. The number of ketones is 1. The van der Waals surface area contributed by atoms with Crippen molar-refractivity contribution in [1.82, 2.24) is 9.38 Å². The number of aliphatic hydroxyl groups is 1. The molecule has 148 valence electrons. The zero-order valence-electron chi connectivity index (χ0n) is 16.2. The third-order valence-corrected chi connectivity index (χ3v) is 4.92. The number of carbonyl (C=O) groups is 2. The predicted molar refractivity (Wildman–Crippen MR) is 108 cm³/mol. The summed E-state index contributed by atoms with van der Waals surface area (Å²) in [5, 5.41) is 10.5. The number of pyridine rings is 1. The molecular formula is C22H21N3O4. The van der Waals surface area contributed by atoms with E-state index < -0.39 is 17.7 Å². The molecule has 7 nitrogen and oxygen atoms in total. The molecule has 0 saturated carbocycles. The number of anilines is 1. The highest BCUT2D eigenvalue weighted by Crippen LogP contribution is 2.41. The van der Waals surface area contributed by atoms with E-state index in [1.165, 1.54) is 11.8 Å². The van der Waals surface area contributed by atoms with Crippen molar-refractivity contribution >= 4 is 23.0 Å². The predicted octanol–water partition coefficient (Wildman–Crippen LogP) is 3.61. The Labute approximate surface area is 167 Å². The number of hydrogen-bond donors (Lipinski definition) is 1. The van der Waals surface area contributed by atoms with Gasteiger partial charge in [-0.2, -0.15) is 0 Å². The van der Waals surface area contributed by atoms with Crippen LogP contribution >= 0.6 is 0 Å². The molecule has 1 atom stereocenters. The smallest absolute Gasteiger partial charge is 0.294 e. The number of fused-ring (bicyclic) bond motifs is 1. The van der Waals surface area contributed by atoms with Crippen molar-refractivity contribution in [1.29, 1.82) is 0 Å². The maximum Gasteiger partial charge on any atom is 0.294 e. The number of amides is 1. The maximum absolute atomic E-state index is 12.9. The first-order chi connectivity index (χ1) is 14.0. The standard InChI is InChI=1S/C22H21N3O4/c1-3-12-29-17-6-4-15(5-7-17)20-19(14(2)26)21(27)22(28)25(20)16-8-10-24-11-9-23-18(24)13-16/h4-11,13,20,27H,3,12H2,1-2H3. The Morgan fingerprint density at radius 2 is 1.97 bits per heavy atom. The zero-order chi connectivity index (χ0) is 20.5. The SMILES string of the molecule is CCCOc1ccc(C2C(C(C)=O)=C(O)C(=O)N2c2ccn3ccnc3c2)cc1. The van der Waals surface area contributed by atoms with Crippen molar-refractivity contribution in [3.63, 3.8) is 0 Å². The lowest BCUT2D eigenvalue weighted by Gasteiger charge is -2.27. The normalized spacial score (nSPS) is 16.7. The second-order valence-corrected chi connectivity index (χ2v) is 6.89. The van der Waals surface area contributed by atoms with Gasteiger partial charge in [0.15, 0.2) is 11.5 Å². The molecule has 29 heavy (non-hydrogen) atoms. The van der Waals surface area contributed by atoms with E-state index in [1.54, 1.807) is 42.9 Å². The van der Waals surface area contributed by atoms with Crippen molar-refractivity contribution in [3.05, 3.63) is 71.9 Å². The molecule has 1 amide bonds. The average Bonchev–Trinajstić information content (AvgIpc) is 3.29. The van der Waals surface area contributed by atoms with E-state index in [0.717, 1.165) is 6.42 Å². The number of hydrogen-bond acceptors (Lipinski definition) is 5. The van der Waals surface area contributed by atoms with E-state index in [1.807, 2.05) is 23.5 Å². The Bertz CT molecular complexity index is 1110. The first-order valence-electron chi connectivity index (χ1n) is 9.44. The highest BCUT2D eigenvalue weighted by atomic mass is 16.5. The molecule has 1 aliphatic heterocycles. The molecule has 1 unspecified atom stereocenters. The molecule has 1 aliphatic rings. The third-order valence-electron chi connectivity index (χ3n) is 4.92. The lowest BCUT2D eigenvalue weighted by atomic mass is 9.96. The van der Waals surface area contributed by atoms with Gasteiger partial charge >= 0.3 is 0 Å². The van der Waals surface area contributed by atoms with Crippen LogP contribution in [0.3, 0.4) is 0 Å². The van der Waals surface area contributed by atoms with Gasteiger partial charge in [-0.15, -0.1) is 0 Å². The van der Waals surface area contributed by atoms with Gasteiger partial charge in [-0.1, -0.05) is 19.1 Å².